The monoisotopic (exact) mass is 302 g/mol. The second kappa shape index (κ2) is 4.92. The maximum atomic E-state index is 13.5. The predicted molar refractivity (Wildman–Crippen MR) is 68.3 cm³/mol. The van der Waals surface area contributed by atoms with Crippen LogP contribution in [0.3, 0.4) is 0 Å². The summed E-state index contributed by atoms with van der Waals surface area (Å²) >= 11 is 3.16. The molecule has 1 heterocycles. The molecular formula is C12H16BrFN2O. The number of hydrogen-bond acceptors (Lipinski definition) is 3. The van der Waals surface area contributed by atoms with Crippen LogP contribution in [-0.2, 0) is 0 Å². The smallest absolute Gasteiger partial charge is 0.166 e. The van der Waals surface area contributed by atoms with E-state index in [1.54, 1.807) is 6.07 Å². The fraction of sp³-hybridized carbons (Fsp3) is 0.500. The number of phenolic OH excluding ortho intramolecular Hbond substituents is 1. The first-order chi connectivity index (χ1) is 8.02. The molecule has 0 amide bonds. The molecule has 1 aliphatic heterocycles. The van der Waals surface area contributed by atoms with E-state index in [1.165, 1.54) is 6.07 Å². The van der Waals surface area contributed by atoms with Crippen LogP contribution in [0.4, 0.5) is 4.39 Å². The van der Waals surface area contributed by atoms with Crippen molar-refractivity contribution in [1.82, 2.24) is 4.90 Å². The molecule has 0 radical (unpaired) electrons. The van der Waals surface area contributed by atoms with Crippen molar-refractivity contribution >= 4 is 15.9 Å². The molecular weight excluding hydrogens is 287 g/mol. The molecule has 3 N–H and O–H groups in total. The summed E-state index contributed by atoms with van der Waals surface area (Å²) < 4.78 is 13.9. The number of benzene rings is 1. The van der Waals surface area contributed by atoms with Crippen LogP contribution in [0.25, 0.3) is 0 Å². The number of hydrogen-bond donors (Lipinski definition) is 2. The van der Waals surface area contributed by atoms with Gasteiger partial charge in [0.2, 0.25) is 0 Å². The zero-order valence-electron chi connectivity index (χ0n) is 9.66. The Bertz CT molecular complexity index is 404. The highest BCUT2D eigenvalue weighted by Gasteiger charge is 2.30. The molecule has 94 valence electrons. The van der Waals surface area contributed by atoms with Crippen LogP contribution in [0.1, 0.15) is 18.0 Å². The van der Waals surface area contributed by atoms with Gasteiger partial charge < -0.3 is 10.8 Å². The molecule has 2 unspecified atom stereocenters. The first-order valence-electron chi connectivity index (χ1n) is 5.61. The van der Waals surface area contributed by atoms with Crippen molar-refractivity contribution in [2.45, 2.75) is 12.5 Å². The summed E-state index contributed by atoms with van der Waals surface area (Å²) in [5, 5.41) is 9.38. The third kappa shape index (κ3) is 2.46. The predicted octanol–water partition coefficient (Wildman–Crippen LogP) is 2.25. The Kier molecular flexibility index (Phi) is 3.70. The second-order valence-corrected chi connectivity index (χ2v) is 5.48. The van der Waals surface area contributed by atoms with Gasteiger partial charge in [-0.25, -0.2) is 4.39 Å². The number of halogens is 2. The Morgan fingerprint density at radius 2 is 2.29 bits per heavy atom. The van der Waals surface area contributed by atoms with Gasteiger partial charge >= 0.3 is 0 Å². The van der Waals surface area contributed by atoms with E-state index < -0.39 is 5.82 Å². The lowest BCUT2D eigenvalue weighted by atomic mass is 10.00. The molecule has 17 heavy (non-hydrogen) atoms. The minimum absolute atomic E-state index is 0.176. The lowest BCUT2D eigenvalue weighted by molar-refractivity contribution is 0.312. The Hall–Kier alpha value is -0.650. The van der Waals surface area contributed by atoms with Gasteiger partial charge in [0.25, 0.3) is 0 Å². The standard InChI is InChI=1S/C12H16BrFN2O/c1-16-6-7(5-15)2-11(16)8-3-9(13)12(17)10(14)4-8/h3-4,7,11,17H,2,5-6,15H2,1H3. The van der Waals surface area contributed by atoms with Gasteiger partial charge in [-0.05, 0) is 59.6 Å². The fourth-order valence-electron chi connectivity index (χ4n) is 2.44. The van der Waals surface area contributed by atoms with E-state index in [0.29, 0.717) is 16.9 Å². The van der Waals surface area contributed by atoms with Crippen molar-refractivity contribution in [3.05, 3.63) is 28.0 Å². The zero-order valence-corrected chi connectivity index (χ0v) is 11.2. The maximum absolute atomic E-state index is 13.5. The molecule has 0 aromatic heterocycles. The molecule has 0 bridgehead atoms. The van der Waals surface area contributed by atoms with Gasteiger partial charge in [0.05, 0.1) is 4.47 Å². The molecule has 1 aromatic rings. The molecule has 2 rings (SSSR count). The van der Waals surface area contributed by atoms with Gasteiger partial charge in [0.1, 0.15) is 0 Å². The highest BCUT2D eigenvalue weighted by atomic mass is 79.9. The average Bonchev–Trinajstić information content (AvgIpc) is 2.67. The Labute approximate surface area is 109 Å². The van der Waals surface area contributed by atoms with E-state index in [4.69, 9.17) is 5.73 Å². The number of aromatic hydroxyl groups is 1. The lowest BCUT2D eigenvalue weighted by Gasteiger charge is -2.20. The summed E-state index contributed by atoms with van der Waals surface area (Å²) in [6.07, 6.45) is 0.934. The summed E-state index contributed by atoms with van der Waals surface area (Å²) in [5.41, 5.74) is 6.55. The first-order valence-corrected chi connectivity index (χ1v) is 6.40. The van der Waals surface area contributed by atoms with E-state index in [2.05, 4.69) is 20.8 Å². The summed E-state index contributed by atoms with van der Waals surface area (Å²) in [5.74, 6) is -0.454. The average molecular weight is 303 g/mol. The van der Waals surface area contributed by atoms with Gasteiger partial charge in [-0.1, -0.05) is 0 Å². The lowest BCUT2D eigenvalue weighted by Crippen LogP contribution is -2.20. The fourth-order valence-corrected chi connectivity index (χ4v) is 2.90. The van der Waals surface area contributed by atoms with Crippen molar-refractivity contribution in [1.29, 1.82) is 0 Å². The molecule has 1 aromatic carbocycles. The van der Waals surface area contributed by atoms with Crippen molar-refractivity contribution in [3.8, 4) is 5.75 Å². The number of nitrogens with zero attached hydrogens (tertiary/aromatic N) is 1. The molecule has 1 aliphatic rings. The van der Waals surface area contributed by atoms with Gasteiger partial charge in [0, 0.05) is 12.6 Å². The van der Waals surface area contributed by atoms with E-state index in [0.717, 1.165) is 18.5 Å². The summed E-state index contributed by atoms with van der Waals surface area (Å²) in [7, 11) is 2.01. The Balaban J connectivity index is 2.29. The van der Waals surface area contributed by atoms with Gasteiger partial charge in [-0.2, -0.15) is 0 Å². The maximum Gasteiger partial charge on any atom is 0.166 e. The van der Waals surface area contributed by atoms with E-state index in [-0.39, 0.29) is 11.8 Å². The number of phenols is 1. The topological polar surface area (TPSA) is 49.5 Å². The van der Waals surface area contributed by atoms with Crippen LogP contribution >= 0.6 is 15.9 Å². The van der Waals surface area contributed by atoms with Crippen LogP contribution in [0.5, 0.6) is 5.75 Å². The third-order valence-electron chi connectivity index (χ3n) is 3.39. The minimum atomic E-state index is -0.584. The van der Waals surface area contributed by atoms with Crippen LogP contribution in [0.15, 0.2) is 16.6 Å². The highest BCUT2D eigenvalue weighted by Crippen LogP contribution is 2.37. The number of nitrogens with two attached hydrogens (primary N) is 1. The molecule has 1 saturated heterocycles. The molecule has 3 nitrogen and oxygen atoms in total. The Morgan fingerprint density at radius 1 is 1.59 bits per heavy atom. The molecule has 5 heteroatoms. The minimum Gasteiger partial charge on any atom is -0.504 e. The number of likely N-dealkylation sites (tertiary alicyclic amines) is 1. The van der Waals surface area contributed by atoms with E-state index >= 15 is 0 Å². The normalized spacial score (nSPS) is 25.4. The van der Waals surface area contributed by atoms with Crippen LogP contribution in [0.2, 0.25) is 0 Å². The summed E-state index contributed by atoms with van der Waals surface area (Å²) in [4.78, 5) is 2.18. The van der Waals surface area contributed by atoms with E-state index in [9.17, 15) is 9.50 Å². The van der Waals surface area contributed by atoms with Crippen LogP contribution in [0, 0.1) is 11.7 Å². The zero-order chi connectivity index (χ0) is 12.6. The van der Waals surface area contributed by atoms with Crippen molar-refractivity contribution in [3.63, 3.8) is 0 Å². The van der Waals surface area contributed by atoms with Gasteiger partial charge in [-0.3, -0.25) is 4.90 Å². The van der Waals surface area contributed by atoms with Gasteiger partial charge in [-0.15, -0.1) is 0 Å². The van der Waals surface area contributed by atoms with E-state index in [1.807, 2.05) is 7.05 Å². The largest absolute Gasteiger partial charge is 0.504 e. The molecule has 2 atom stereocenters. The summed E-state index contributed by atoms with van der Waals surface area (Å²) in [6, 6.07) is 3.36. The van der Waals surface area contributed by atoms with Crippen LogP contribution < -0.4 is 5.73 Å². The molecule has 1 fully saturated rings. The Morgan fingerprint density at radius 3 is 2.82 bits per heavy atom. The molecule has 0 saturated carbocycles. The number of rotatable bonds is 2. The van der Waals surface area contributed by atoms with Crippen LogP contribution in [-0.4, -0.2) is 30.1 Å². The SMILES string of the molecule is CN1CC(CN)CC1c1cc(F)c(O)c(Br)c1. The third-order valence-corrected chi connectivity index (χ3v) is 4.00. The first kappa shape index (κ1) is 12.8. The highest BCUT2D eigenvalue weighted by molar-refractivity contribution is 9.10. The van der Waals surface area contributed by atoms with Crippen molar-refractivity contribution < 1.29 is 9.50 Å². The molecule has 0 spiro atoms. The van der Waals surface area contributed by atoms with Crippen molar-refractivity contribution in [2.24, 2.45) is 11.7 Å². The van der Waals surface area contributed by atoms with Gasteiger partial charge in [0.15, 0.2) is 11.6 Å². The molecule has 0 aliphatic carbocycles. The second-order valence-electron chi connectivity index (χ2n) is 4.63. The summed E-state index contributed by atoms with van der Waals surface area (Å²) in [6.45, 7) is 1.59. The van der Waals surface area contributed by atoms with Crippen molar-refractivity contribution in [2.75, 3.05) is 20.1 Å². The quantitative estimate of drug-likeness (QED) is 0.881.